The van der Waals surface area contributed by atoms with E-state index in [0.29, 0.717) is 16.8 Å². The third-order valence-electron chi connectivity index (χ3n) is 4.26. The molecule has 0 radical (unpaired) electrons. The van der Waals surface area contributed by atoms with Crippen LogP contribution in [0.25, 0.3) is 5.70 Å². The smallest absolute Gasteiger partial charge is 0.324 e. The van der Waals surface area contributed by atoms with Gasteiger partial charge in [0.05, 0.1) is 11.6 Å². The van der Waals surface area contributed by atoms with E-state index >= 15 is 0 Å². The standard InChI is InChI=1S/C19H11BrF3N5/c20-14-7-5-12(6-8-14)15-9-16(13-3-1-11(10-24)2-4-13)28-18(25-15)26-17(27-28)19(21,22)23/h1-9,16H,(H,25,26,27)/t16-/m0/s1. The topological polar surface area (TPSA) is 66.5 Å². The Labute approximate surface area is 166 Å². The van der Waals surface area contributed by atoms with Crippen LogP contribution in [0.2, 0.25) is 0 Å². The Bertz CT molecular complexity index is 1090. The average molecular weight is 446 g/mol. The molecule has 1 atom stereocenters. The van der Waals surface area contributed by atoms with E-state index < -0.39 is 18.0 Å². The number of aromatic nitrogens is 3. The highest BCUT2D eigenvalue weighted by atomic mass is 79.9. The van der Waals surface area contributed by atoms with E-state index in [9.17, 15) is 13.2 Å². The van der Waals surface area contributed by atoms with E-state index in [0.717, 1.165) is 10.0 Å². The molecule has 0 saturated heterocycles. The number of hydrogen-bond acceptors (Lipinski definition) is 4. The number of anilines is 1. The number of fused-ring (bicyclic) bond motifs is 1. The molecular formula is C19H11BrF3N5. The number of nitrogens with one attached hydrogen (secondary N) is 1. The van der Waals surface area contributed by atoms with E-state index in [-0.39, 0.29) is 5.95 Å². The van der Waals surface area contributed by atoms with Crippen LogP contribution in [0.3, 0.4) is 0 Å². The fourth-order valence-corrected chi connectivity index (χ4v) is 3.17. The monoisotopic (exact) mass is 445 g/mol. The molecule has 1 aliphatic heterocycles. The Morgan fingerprint density at radius 3 is 2.36 bits per heavy atom. The lowest BCUT2D eigenvalue weighted by Gasteiger charge is -2.24. The fourth-order valence-electron chi connectivity index (χ4n) is 2.90. The summed E-state index contributed by atoms with van der Waals surface area (Å²) in [5, 5.41) is 15.6. The second kappa shape index (κ2) is 6.80. The molecule has 4 rings (SSSR count). The molecule has 5 nitrogen and oxygen atoms in total. The number of nitriles is 1. The maximum atomic E-state index is 13.1. The van der Waals surface area contributed by atoms with Crippen LogP contribution in [-0.2, 0) is 6.18 Å². The third-order valence-corrected chi connectivity index (χ3v) is 4.78. The number of allylic oxidation sites excluding steroid dienone is 1. The molecule has 28 heavy (non-hydrogen) atoms. The highest BCUT2D eigenvalue weighted by Crippen LogP contribution is 2.35. The molecule has 140 valence electrons. The van der Waals surface area contributed by atoms with Crippen molar-refractivity contribution in [3.8, 4) is 6.07 Å². The predicted molar refractivity (Wildman–Crippen MR) is 100 cm³/mol. The summed E-state index contributed by atoms with van der Waals surface area (Å²) in [6, 6.07) is 15.4. The highest BCUT2D eigenvalue weighted by molar-refractivity contribution is 9.10. The van der Waals surface area contributed by atoms with Crippen molar-refractivity contribution in [2.24, 2.45) is 0 Å². The molecule has 1 aliphatic rings. The van der Waals surface area contributed by atoms with Crippen LogP contribution >= 0.6 is 15.9 Å². The molecule has 0 unspecified atom stereocenters. The lowest BCUT2D eigenvalue weighted by molar-refractivity contribution is -0.145. The van der Waals surface area contributed by atoms with Gasteiger partial charge in [-0.15, -0.1) is 5.10 Å². The van der Waals surface area contributed by atoms with Crippen LogP contribution in [0.1, 0.15) is 28.6 Å². The molecule has 1 N–H and O–H groups in total. The second-order valence-electron chi connectivity index (χ2n) is 6.09. The number of alkyl halides is 3. The normalized spacial score (nSPS) is 16.0. The summed E-state index contributed by atoms with van der Waals surface area (Å²) < 4.78 is 41.5. The summed E-state index contributed by atoms with van der Waals surface area (Å²) in [6.07, 6.45) is -2.87. The van der Waals surface area contributed by atoms with E-state index in [1.54, 1.807) is 30.3 Å². The van der Waals surface area contributed by atoms with Crippen molar-refractivity contribution in [1.29, 1.82) is 5.26 Å². The lowest BCUT2D eigenvalue weighted by atomic mass is 10.0. The van der Waals surface area contributed by atoms with Crippen LogP contribution in [0, 0.1) is 11.3 Å². The molecule has 0 aliphatic carbocycles. The Balaban J connectivity index is 1.83. The molecule has 0 saturated carbocycles. The van der Waals surface area contributed by atoms with Gasteiger partial charge in [0.15, 0.2) is 0 Å². The maximum Gasteiger partial charge on any atom is 0.453 e. The van der Waals surface area contributed by atoms with Gasteiger partial charge in [0, 0.05) is 10.2 Å². The summed E-state index contributed by atoms with van der Waals surface area (Å²) in [4.78, 5) is 3.64. The molecule has 0 fully saturated rings. The zero-order valence-electron chi connectivity index (χ0n) is 14.1. The SMILES string of the molecule is N#Cc1ccc([C@@H]2C=C(c3ccc(Br)cc3)Nc3nc(C(F)(F)F)nn32)cc1. The van der Waals surface area contributed by atoms with E-state index in [4.69, 9.17) is 5.26 Å². The molecule has 1 aromatic heterocycles. The molecule has 0 bridgehead atoms. The van der Waals surface area contributed by atoms with Gasteiger partial charge in [0.25, 0.3) is 5.82 Å². The van der Waals surface area contributed by atoms with Crippen LogP contribution in [0.15, 0.2) is 59.1 Å². The van der Waals surface area contributed by atoms with Crippen molar-refractivity contribution in [3.05, 3.63) is 81.6 Å². The zero-order valence-corrected chi connectivity index (χ0v) is 15.7. The van der Waals surface area contributed by atoms with Crippen LogP contribution in [0.5, 0.6) is 0 Å². The van der Waals surface area contributed by atoms with Crippen molar-refractivity contribution in [2.75, 3.05) is 5.32 Å². The largest absolute Gasteiger partial charge is 0.453 e. The Hall–Kier alpha value is -3.12. The number of nitrogens with zero attached hydrogens (tertiary/aromatic N) is 4. The first kappa shape index (κ1) is 18.3. The van der Waals surface area contributed by atoms with Crippen molar-refractivity contribution >= 4 is 27.6 Å². The summed E-state index contributed by atoms with van der Waals surface area (Å²) in [5.74, 6) is -1.21. The van der Waals surface area contributed by atoms with E-state index in [1.165, 1.54) is 4.68 Å². The van der Waals surface area contributed by atoms with Gasteiger partial charge in [-0.1, -0.05) is 40.2 Å². The number of halogens is 4. The minimum Gasteiger partial charge on any atom is -0.324 e. The van der Waals surface area contributed by atoms with Gasteiger partial charge in [-0.05, 0) is 41.5 Å². The third kappa shape index (κ3) is 3.39. The summed E-state index contributed by atoms with van der Waals surface area (Å²) >= 11 is 3.36. The van der Waals surface area contributed by atoms with Gasteiger partial charge < -0.3 is 5.32 Å². The van der Waals surface area contributed by atoms with Gasteiger partial charge in [-0.2, -0.15) is 23.4 Å². The van der Waals surface area contributed by atoms with E-state index in [2.05, 4.69) is 31.3 Å². The summed E-state index contributed by atoms with van der Waals surface area (Å²) in [5.41, 5.74) is 2.57. The molecule has 0 amide bonds. The second-order valence-corrected chi connectivity index (χ2v) is 7.01. The summed E-state index contributed by atoms with van der Waals surface area (Å²) in [6.45, 7) is 0. The number of rotatable bonds is 2. The van der Waals surface area contributed by atoms with Gasteiger partial charge in [-0.25, -0.2) is 4.68 Å². The van der Waals surface area contributed by atoms with Crippen molar-refractivity contribution in [1.82, 2.24) is 14.8 Å². The Morgan fingerprint density at radius 1 is 1.07 bits per heavy atom. The molecule has 2 aromatic carbocycles. The van der Waals surface area contributed by atoms with Crippen molar-refractivity contribution < 1.29 is 13.2 Å². The van der Waals surface area contributed by atoms with Gasteiger partial charge in [0.1, 0.15) is 6.04 Å². The number of benzene rings is 2. The first-order valence-corrected chi connectivity index (χ1v) is 8.93. The minimum absolute atomic E-state index is 0.00195. The van der Waals surface area contributed by atoms with Gasteiger partial charge in [-0.3, -0.25) is 0 Å². The first-order valence-electron chi connectivity index (χ1n) is 8.14. The van der Waals surface area contributed by atoms with Crippen LogP contribution in [0.4, 0.5) is 19.1 Å². The fraction of sp³-hybridized carbons (Fsp3) is 0.105. The molecular weight excluding hydrogens is 435 g/mol. The molecule has 3 aromatic rings. The minimum atomic E-state index is -4.65. The van der Waals surface area contributed by atoms with Crippen LogP contribution < -0.4 is 5.32 Å². The Kier molecular flexibility index (Phi) is 4.43. The first-order chi connectivity index (χ1) is 13.3. The van der Waals surface area contributed by atoms with Gasteiger partial charge >= 0.3 is 6.18 Å². The van der Waals surface area contributed by atoms with Crippen LogP contribution in [-0.4, -0.2) is 14.8 Å². The predicted octanol–water partition coefficient (Wildman–Crippen LogP) is 4.99. The number of hydrogen-bond donors (Lipinski definition) is 1. The zero-order chi connectivity index (χ0) is 19.9. The van der Waals surface area contributed by atoms with Crippen molar-refractivity contribution in [3.63, 3.8) is 0 Å². The quantitative estimate of drug-likeness (QED) is 0.603. The highest BCUT2D eigenvalue weighted by Gasteiger charge is 2.39. The lowest BCUT2D eigenvalue weighted by Crippen LogP contribution is -2.20. The van der Waals surface area contributed by atoms with Crippen molar-refractivity contribution in [2.45, 2.75) is 12.2 Å². The molecule has 2 heterocycles. The Morgan fingerprint density at radius 2 is 1.75 bits per heavy atom. The average Bonchev–Trinajstić information content (AvgIpc) is 3.13. The molecule has 0 spiro atoms. The molecule has 9 heteroatoms. The van der Waals surface area contributed by atoms with E-state index in [1.807, 2.05) is 30.3 Å². The summed E-state index contributed by atoms with van der Waals surface area (Å²) in [7, 11) is 0. The maximum absolute atomic E-state index is 13.1. The van der Waals surface area contributed by atoms with Gasteiger partial charge in [0.2, 0.25) is 5.95 Å².